The molecule has 0 amide bonds. The first-order chi connectivity index (χ1) is 8.85. The third-order valence-corrected chi connectivity index (χ3v) is 5.92. The maximum atomic E-state index is 2.46. The van der Waals surface area contributed by atoms with Gasteiger partial charge in [0.1, 0.15) is 0 Å². The van der Waals surface area contributed by atoms with Crippen molar-refractivity contribution in [3.8, 4) is 0 Å². The summed E-state index contributed by atoms with van der Waals surface area (Å²) < 4.78 is 0. The molecule has 2 aliphatic rings. The number of rotatable bonds is 5. The van der Waals surface area contributed by atoms with Crippen molar-refractivity contribution in [1.29, 1.82) is 0 Å². The maximum Gasteiger partial charge on any atom is -0.0360 e. The van der Waals surface area contributed by atoms with Gasteiger partial charge >= 0.3 is 0 Å². The Bertz CT molecular complexity index is 206. The van der Waals surface area contributed by atoms with Crippen molar-refractivity contribution < 1.29 is 0 Å². The van der Waals surface area contributed by atoms with Crippen molar-refractivity contribution >= 4 is 0 Å². The second kappa shape index (κ2) is 7.56. The van der Waals surface area contributed by atoms with E-state index >= 15 is 0 Å². The van der Waals surface area contributed by atoms with Gasteiger partial charge in [-0.25, -0.2) is 0 Å². The molecule has 0 bridgehead atoms. The molecule has 18 heavy (non-hydrogen) atoms. The molecule has 0 radical (unpaired) electrons. The van der Waals surface area contributed by atoms with Crippen molar-refractivity contribution in [3.05, 3.63) is 0 Å². The molecule has 106 valence electrons. The molecular formula is C18H34. The first-order valence-electron chi connectivity index (χ1n) is 8.85. The largest absolute Gasteiger partial charge is 0.0654 e. The van der Waals surface area contributed by atoms with E-state index in [-0.39, 0.29) is 0 Å². The Morgan fingerprint density at radius 2 is 1.39 bits per heavy atom. The summed E-state index contributed by atoms with van der Waals surface area (Å²) in [4.78, 5) is 0. The Kier molecular flexibility index (Phi) is 6.05. The van der Waals surface area contributed by atoms with Gasteiger partial charge in [0, 0.05) is 0 Å². The smallest absolute Gasteiger partial charge is 0.0360 e. The van der Waals surface area contributed by atoms with E-state index in [0.29, 0.717) is 0 Å². The van der Waals surface area contributed by atoms with E-state index in [9.17, 15) is 0 Å². The highest BCUT2D eigenvalue weighted by Gasteiger charge is 2.31. The van der Waals surface area contributed by atoms with Crippen LogP contribution < -0.4 is 0 Å². The Labute approximate surface area is 115 Å². The van der Waals surface area contributed by atoms with Gasteiger partial charge in [-0.1, -0.05) is 78.1 Å². The minimum absolute atomic E-state index is 1.08. The molecule has 2 aliphatic carbocycles. The lowest BCUT2D eigenvalue weighted by atomic mass is 9.67. The van der Waals surface area contributed by atoms with Crippen LogP contribution in [0.4, 0.5) is 0 Å². The van der Waals surface area contributed by atoms with Crippen molar-refractivity contribution in [2.45, 2.75) is 90.9 Å². The molecular weight excluding hydrogens is 216 g/mol. The summed E-state index contributed by atoms with van der Waals surface area (Å²) in [5.74, 6) is 4.34. The molecule has 0 heterocycles. The molecule has 0 saturated heterocycles. The molecule has 0 aromatic heterocycles. The van der Waals surface area contributed by atoms with E-state index in [0.717, 1.165) is 23.7 Å². The highest BCUT2D eigenvalue weighted by Crippen LogP contribution is 2.43. The van der Waals surface area contributed by atoms with Crippen LogP contribution in [0.5, 0.6) is 0 Å². The molecule has 0 aliphatic heterocycles. The molecule has 0 nitrogen and oxygen atoms in total. The minimum atomic E-state index is 1.08. The van der Waals surface area contributed by atoms with Crippen LogP contribution in [0.2, 0.25) is 0 Å². The van der Waals surface area contributed by atoms with Crippen molar-refractivity contribution in [1.82, 2.24) is 0 Å². The van der Waals surface area contributed by atoms with Gasteiger partial charge in [-0.3, -0.25) is 0 Å². The molecule has 2 rings (SSSR count). The zero-order valence-corrected chi connectivity index (χ0v) is 12.8. The molecule has 2 saturated carbocycles. The summed E-state index contributed by atoms with van der Waals surface area (Å²) in [7, 11) is 0. The molecule has 0 heteroatoms. The van der Waals surface area contributed by atoms with Crippen molar-refractivity contribution in [2.24, 2.45) is 23.7 Å². The second-order valence-corrected chi connectivity index (χ2v) is 7.04. The highest BCUT2D eigenvalue weighted by molar-refractivity contribution is 4.82. The molecule has 2 fully saturated rings. The first kappa shape index (κ1) is 14.4. The van der Waals surface area contributed by atoms with Crippen LogP contribution in [0.25, 0.3) is 0 Å². The molecule has 0 aromatic carbocycles. The van der Waals surface area contributed by atoms with Crippen molar-refractivity contribution in [2.75, 3.05) is 0 Å². The van der Waals surface area contributed by atoms with E-state index < -0.39 is 0 Å². The van der Waals surface area contributed by atoms with E-state index in [1.54, 1.807) is 38.5 Å². The third kappa shape index (κ3) is 3.75. The van der Waals surface area contributed by atoms with Crippen LogP contribution in [-0.2, 0) is 0 Å². The third-order valence-electron chi connectivity index (χ3n) is 5.92. The summed E-state index contributed by atoms with van der Waals surface area (Å²) in [6.45, 7) is 4.81. The van der Waals surface area contributed by atoms with E-state index in [1.807, 2.05) is 0 Å². The second-order valence-electron chi connectivity index (χ2n) is 7.04. The summed E-state index contributed by atoms with van der Waals surface area (Å²) in [5, 5.41) is 0. The van der Waals surface area contributed by atoms with Crippen molar-refractivity contribution in [3.63, 3.8) is 0 Å². The molecule has 1 atom stereocenters. The molecule has 0 aromatic rings. The Hall–Kier alpha value is 0. The zero-order valence-electron chi connectivity index (χ0n) is 12.8. The van der Waals surface area contributed by atoms with Crippen LogP contribution in [0, 0.1) is 23.7 Å². The van der Waals surface area contributed by atoms with Crippen LogP contribution in [0.3, 0.4) is 0 Å². The predicted molar refractivity (Wildman–Crippen MR) is 80.7 cm³/mol. The molecule has 1 unspecified atom stereocenters. The topological polar surface area (TPSA) is 0 Å². The average molecular weight is 250 g/mol. The van der Waals surface area contributed by atoms with Gasteiger partial charge in [0.2, 0.25) is 0 Å². The van der Waals surface area contributed by atoms with Gasteiger partial charge in [-0.15, -0.1) is 0 Å². The Morgan fingerprint density at radius 1 is 0.778 bits per heavy atom. The molecule has 0 spiro atoms. The van der Waals surface area contributed by atoms with Gasteiger partial charge in [0.05, 0.1) is 0 Å². The lowest BCUT2D eigenvalue weighted by molar-refractivity contribution is 0.120. The Balaban J connectivity index is 1.81. The Morgan fingerprint density at radius 3 is 1.94 bits per heavy atom. The summed E-state index contributed by atoms with van der Waals surface area (Å²) in [5.41, 5.74) is 0. The van der Waals surface area contributed by atoms with Gasteiger partial charge in [0.25, 0.3) is 0 Å². The maximum absolute atomic E-state index is 2.46. The van der Waals surface area contributed by atoms with Gasteiger partial charge in [-0.2, -0.15) is 0 Å². The minimum Gasteiger partial charge on any atom is -0.0654 e. The summed E-state index contributed by atoms with van der Waals surface area (Å²) >= 11 is 0. The zero-order chi connectivity index (χ0) is 12.8. The van der Waals surface area contributed by atoms with Crippen LogP contribution in [0.15, 0.2) is 0 Å². The molecule has 0 N–H and O–H groups in total. The van der Waals surface area contributed by atoms with Gasteiger partial charge < -0.3 is 0 Å². The standard InChI is InChI=1S/C18H34/c1-3-8-15-11-13-17(14-12-15)18(4-2)16-9-6-5-7-10-16/h15-18H,3-14H2,1-2H3/t15-,17-,18?. The number of hydrogen-bond donors (Lipinski definition) is 0. The predicted octanol–water partition coefficient (Wildman–Crippen LogP) is 6.20. The van der Waals surface area contributed by atoms with Crippen LogP contribution in [-0.4, -0.2) is 0 Å². The van der Waals surface area contributed by atoms with Gasteiger partial charge in [0.15, 0.2) is 0 Å². The number of hydrogen-bond acceptors (Lipinski definition) is 0. The normalized spacial score (nSPS) is 32.3. The van der Waals surface area contributed by atoms with Gasteiger partial charge in [-0.05, 0) is 36.5 Å². The lowest BCUT2D eigenvalue weighted by Crippen LogP contribution is -2.28. The fourth-order valence-corrected chi connectivity index (χ4v) is 4.93. The van der Waals surface area contributed by atoms with E-state index in [4.69, 9.17) is 0 Å². The van der Waals surface area contributed by atoms with E-state index in [1.165, 1.54) is 38.5 Å². The lowest BCUT2D eigenvalue weighted by Gasteiger charge is -2.39. The monoisotopic (exact) mass is 250 g/mol. The SMILES string of the molecule is CCC[C@H]1CC[C@H](C(CC)C2CCCCC2)CC1. The average Bonchev–Trinajstić information content (AvgIpc) is 2.43. The van der Waals surface area contributed by atoms with Crippen LogP contribution >= 0.6 is 0 Å². The fraction of sp³-hybridized carbons (Fsp3) is 1.00. The van der Waals surface area contributed by atoms with E-state index in [2.05, 4.69) is 13.8 Å². The fourth-order valence-electron chi connectivity index (χ4n) is 4.93. The quantitative estimate of drug-likeness (QED) is 0.545. The van der Waals surface area contributed by atoms with Crippen LogP contribution in [0.1, 0.15) is 90.9 Å². The highest BCUT2D eigenvalue weighted by atomic mass is 14.4. The first-order valence-corrected chi connectivity index (χ1v) is 8.85. The summed E-state index contributed by atoms with van der Waals surface area (Å²) in [6, 6.07) is 0. The summed E-state index contributed by atoms with van der Waals surface area (Å²) in [6.07, 6.45) is 18.2.